The predicted molar refractivity (Wildman–Crippen MR) is 79.1 cm³/mol. The highest BCUT2D eigenvalue weighted by molar-refractivity contribution is 6.35. The van der Waals surface area contributed by atoms with E-state index in [4.69, 9.17) is 38.5 Å². The molecule has 0 aliphatic heterocycles. The van der Waals surface area contributed by atoms with Crippen molar-refractivity contribution in [2.45, 2.75) is 26.3 Å². The quantitative estimate of drug-likeness (QED) is 0.835. The van der Waals surface area contributed by atoms with Gasteiger partial charge in [-0.15, -0.1) is 0 Å². The van der Waals surface area contributed by atoms with Crippen LogP contribution in [0.3, 0.4) is 0 Å². The van der Waals surface area contributed by atoms with Gasteiger partial charge in [-0.3, -0.25) is 0 Å². The van der Waals surface area contributed by atoms with Gasteiger partial charge in [-0.05, 0) is 17.7 Å². The molecule has 0 aliphatic carbocycles. The summed E-state index contributed by atoms with van der Waals surface area (Å²) >= 11 is 12.0. The van der Waals surface area contributed by atoms with Crippen molar-refractivity contribution in [2.24, 2.45) is 0 Å². The average Bonchev–Trinajstić information content (AvgIpc) is 2.80. The largest absolute Gasteiger partial charge is 0.472 e. The van der Waals surface area contributed by atoms with Crippen molar-refractivity contribution >= 4 is 23.2 Å². The first kappa shape index (κ1) is 17.3. The second-order valence-corrected chi connectivity index (χ2v) is 5.40. The van der Waals surface area contributed by atoms with E-state index in [1.54, 1.807) is 6.07 Å². The number of aromatic nitrogens is 2. The zero-order valence-electron chi connectivity index (χ0n) is 11.6. The second kappa shape index (κ2) is 7.85. The van der Waals surface area contributed by atoms with Crippen molar-refractivity contribution in [3.05, 3.63) is 56.9 Å². The summed E-state index contributed by atoms with van der Waals surface area (Å²) in [5.74, 6) is 1.46. The fraction of sp³-hybridized carbons (Fsp3) is 0.308. The first-order valence-corrected chi connectivity index (χ1v) is 6.86. The SMILES string of the molecule is CC(C)c1nccn1Cc1ccc(Cl)cc1Cl.O=[N+](O)O. The number of halogens is 2. The molecule has 0 bridgehead atoms. The molecule has 1 heterocycles. The van der Waals surface area contributed by atoms with Crippen LogP contribution in [0.4, 0.5) is 0 Å². The van der Waals surface area contributed by atoms with Crippen LogP contribution in [0.5, 0.6) is 0 Å². The first-order chi connectivity index (χ1) is 9.81. The lowest BCUT2D eigenvalue weighted by atomic mass is 10.2. The zero-order valence-corrected chi connectivity index (χ0v) is 13.1. The van der Waals surface area contributed by atoms with Gasteiger partial charge < -0.3 is 4.57 Å². The third kappa shape index (κ3) is 5.61. The molecule has 0 fully saturated rings. The van der Waals surface area contributed by atoms with Crippen LogP contribution in [-0.4, -0.2) is 25.1 Å². The van der Waals surface area contributed by atoms with Gasteiger partial charge in [-0.2, -0.15) is 0 Å². The van der Waals surface area contributed by atoms with E-state index < -0.39 is 5.09 Å². The van der Waals surface area contributed by atoms with E-state index >= 15 is 0 Å². The molecule has 1 aromatic carbocycles. The van der Waals surface area contributed by atoms with Gasteiger partial charge >= 0.3 is 5.09 Å². The summed E-state index contributed by atoms with van der Waals surface area (Å²) in [4.78, 5) is 12.8. The van der Waals surface area contributed by atoms with Crippen LogP contribution in [0.1, 0.15) is 31.2 Å². The van der Waals surface area contributed by atoms with Crippen LogP contribution in [0, 0.1) is 4.91 Å². The summed E-state index contributed by atoms with van der Waals surface area (Å²) in [5, 5.41) is 13.9. The Balaban J connectivity index is 0.000000491. The van der Waals surface area contributed by atoms with Crippen molar-refractivity contribution in [3.8, 4) is 0 Å². The molecule has 0 radical (unpaired) electrons. The molecule has 8 heteroatoms. The summed E-state index contributed by atoms with van der Waals surface area (Å²) in [6.07, 6.45) is 3.79. The lowest BCUT2D eigenvalue weighted by Gasteiger charge is -2.11. The minimum absolute atomic E-state index is 0.399. The van der Waals surface area contributed by atoms with Crippen LogP contribution in [0.15, 0.2) is 30.6 Å². The number of imidazole rings is 1. The predicted octanol–water partition coefficient (Wildman–Crippen LogP) is 3.91. The Hall–Kier alpha value is -1.79. The van der Waals surface area contributed by atoms with Gasteiger partial charge in [-0.25, -0.2) is 15.4 Å². The number of rotatable bonds is 3. The molecule has 6 nitrogen and oxygen atoms in total. The molecule has 2 aromatic rings. The Kier molecular flexibility index (Phi) is 6.45. The van der Waals surface area contributed by atoms with Crippen LogP contribution in [-0.2, 0) is 6.54 Å². The molecule has 1 aromatic heterocycles. The fourth-order valence-corrected chi connectivity index (χ4v) is 2.26. The Bertz CT molecular complexity index is 610. The molecule has 0 amide bonds. The van der Waals surface area contributed by atoms with Crippen molar-refractivity contribution in [3.63, 3.8) is 0 Å². The minimum atomic E-state index is -1.25. The summed E-state index contributed by atoms with van der Waals surface area (Å²) in [7, 11) is 0. The van der Waals surface area contributed by atoms with E-state index in [0.717, 1.165) is 17.9 Å². The zero-order chi connectivity index (χ0) is 16.0. The molecular formula is C13H16Cl2N3O3+. The normalized spacial score (nSPS) is 10.1. The lowest BCUT2D eigenvalue weighted by molar-refractivity contribution is -0.969. The Morgan fingerprint density at radius 1 is 1.33 bits per heavy atom. The molecular weight excluding hydrogens is 317 g/mol. The smallest absolute Gasteiger partial charge is 0.330 e. The van der Waals surface area contributed by atoms with Gasteiger partial charge in [0, 0.05) is 28.4 Å². The topological polar surface area (TPSA) is 78.4 Å². The lowest BCUT2D eigenvalue weighted by Crippen LogP contribution is -2.06. The maximum Gasteiger partial charge on any atom is 0.472 e. The maximum absolute atomic E-state index is 8.47. The maximum atomic E-state index is 8.47. The summed E-state index contributed by atoms with van der Waals surface area (Å²) in [5.41, 5.74) is 1.05. The Labute approximate surface area is 132 Å². The Morgan fingerprint density at radius 2 is 1.95 bits per heavy atom. The van der Waals surface area contributed by atoms with Gasteiger partial charge in [0.1, 0.15) is 10.7 Å². The molecule has 2 rings (SSSR count). The van der Waals surface area contributed by atoms with Crippen LogP contribution >= 0.6 is 23.2 Å². The van der Waals surface area contributed by atoms with Gasteiger partial charge in [-0.1, -0.05) is 43.1 Å². The van der Waals surface area contributed by atoms with Crippen molar-refractivity contribution in [1.82, 2.24) is 9.55 Å². The van der Waals surface area contributed by atoms with E-state index in [9.17, 15) is 0 Å². The second-order valence-electron chi connectivity index (χ2n) is 4.56. The third-order valence-electron chi connectivity index (χ3n) is 2.62. The average molecular weight is 333 g/mol. The van der Waals surface area contributed by atoms with E-state index in [0.29, 0.717) is 16.0 Å². The van der Waals surface area contributed by atoms with E-state index in [2.05, 4.69) is 23.4 Å². The molecule has 0 saturated heterocycles. The standard InChI is InChI=1S/C13H14Cl2N2.H2NO3/c1-9(2)13-16-5-6-17(13)8-10-3-4-11(14)7-12(10)15;2-1(3)4/h3-7,9H,8H2,1-2H3;(H2,2,3,4)/q;+1. The number of hydrogen-bond donors (Lipinski definition) is 2. The van der Waals surface area contributed by atoms with E-state index in [1.165, 1.54) is 0 Å². The van der Waals surface area contributed by atoms with Gasteiger partial charge in [0.15, 0.2) is 0 Å². The van der Waals surface area contributed by atoms with Crippen molar-refractivity contribution in [2.75, 3.05) is 0 Å². The highest BCUT2D eigenvalue weighted by Gasteiger charge is 2.09. The summed E-state index contributed by atoms with van der Waals surface area (Å²) in [6.45, 7) is 4.98. The molecule has 0 unspecified atom stereocenters. The molecule has 21 heavy (non-hydrogen) atoms. The summed E-state index contributed by atoms with van der Waals surface area (Å²) in [6, 6.07) is 5.58. The number of nitrogens with zero attached hydrogens (tertiary/aromatic N) is 3. The summed E-state index contributed by atoms with van der Waals surface area (Å²) < 4.78 is 2.11. The highest BCUT2D eigenvalue weighted by atomic mass is 35.5. The van der Waals surface area contributed by atoms with E-state index in [1.807, 2.05) is 24.5 Å². The molecule has 0 atom stereocenters. The molecule has 114 valence electrons. The third-order valence-corrected chi connectivity index (χ3v) is 3.21. The molecule has 0 aliphatic rings. The highest BCUT2D eigenvalue weighted by Crippen LogP contribution is 2.23. The van der Waals surface area contributed by atoms with Crippen LogP contribution in [0.25, 0.3) is 0 Å². The minimum Gasteiger partial charge on any atom is -0.330 e. The van der Waals surface area contributed by atoms with Crippen LogP contribution in [0.2, 0.25) is 10.0 Å². The molecule has 0 spiro atoms. The fourth-order valence-electron chi connectivity index (χ4n) is 1.79. The number of hydrogen-bond acceptors (Lipinski definition) is 2. The van der Waals surface area contributed by atoms with Gasteiger partial charge in [0.2, 0.25) is 0 Å². The van der Waals surface area contributed by atoms with Crippen molar-refractivity contribution in [1.29, 1.82) is 0 Å². The Morgan fingerprint density at radius 3 is 2.48 bits per heavy atom. The monoisotopic (exact) mass is 332 g/mol. The molecule has 0 saturated carbocycles. The van der Waals surface area contributed by atoms with E-state index in [-0.39, 0.29) is 0 Å². The van der Waals surface area contributed by atoms with Gasteiger partial charge in [0.25, 0.3) is 0 Å². The number of benzene rings is 1. The van der Waals surface area contributed by atoms with Gasteiger partial charge in [0.05, 0.1) is 6.54 Å². The van der Waals surface area contributed by atoms with Crippen molar-refractivity contribution < 1.29 is 15.5 Å². The first-order valence-electron chi connectivity index (χ1n) is 6.11. The molecule has 2 N–H and O–H groups in total. The van der Waals surface area contributed by atoms with Crippen LogP contribution < -0.4 is 0 Å².